The van der Waals surface area contributed by atoms with E-state index in [4.69, 9.17) is 0 Å². The Bertz CT molecular complexity index is 950. The van der Waals surface area contributed by atoms with E-state index in [0.717, 1.165) is 0 Å². The third kappa shape index (κ3) is 3.70. The summed E-state index contributed by atoms with van der Waals surface area (Å²) >= 11 is 0. The molecule has 0 bridgehead atoms. The van der Waals surface area contributed by atoms with Crippen LogP contribution < -0.4 is 10.1 Å². The molecular weight excluding hydrogens is 337 g/mol. The first kappa shape index (κ1) is 16.7. The van der Waals surface area contributed by atoms with Crippen LogP contribution in [0.4, 0.5) is 18.9 Å². The molecule has 0 atom stereocenters. The molecule has 0 radical (unpaired) electrons. The standard InChI is InChI=1S/C16H13F3N4O2/c1-9-21-22-15-14(20-10(2)24)7-12(8-23(9)15)11-4-3-5-13(6-11)25-16(17,18)19/h3-8H,1-2H3,(H,20,24). The van der Waals surface area contributed by atoms with Crippen LogP contribution >= 0.6 is 0 Å². The van der Waals surface area contributed by atoms with Crippen molar-refractivity contribution in [3.63, 3.8) is 0 Å². The molecular formula is C16H13F3N4O2. The number of aryl methyl sites for hydroxylation is 1. The second-order valence-electron chi connectivity index (χ2n) is 5.34. The van der Waals surface area contributed by atoms with Crippen LogP contribution in [-0.2, 0) is 4.79 Å². The maximum absolute atomic E-state index is 12.4. The number of carbonyl (C=O) groups is 1. The summed E-state index contributed by atoms with van der Waals surface area (Å²) in [6.45, 7) is 3.08. The Balaban J connectivity index is 2.10. The number of fused-ring (bicyclic) bond motifs is 1. The van der Waals surface area contributed by atoms with Crippen LogP contribution in [0.2, 0.25) is 0 Å². The summed E-state index contributed by atoms with van der Waals surface area (Å²) in [4.78, 5) is 11.4. The molecule has 0 fully saturated rings. The predicted octanol–water partition coefficient (Wildman–Crippen LogP) is 3.56. The molecule has 3 rings (SSSR count). The van der Waals surface area contributed by atoms with Crippen molar-refractivity contribution in [3.05, 3.63) is 42.4 Å². The number of amides is 1. The van der Waals surface area contributed by atoms with Crippen molar-refractivity contribution in [1.82, 2.24) is 14.6 Å². The number of halogens is 3. The Kier molecular flexibility index (Phi) is 4.07. The van der Waals surface area contributed by atoms with Gasteiger partial charge in [-0.25, -0.2) is 0 Å². The maximum atomic E-state index is 12.4. The molecule has 1 amide bonds. The first-order valence-electron chi connectivity index (χ1n) is 7.22. The van der Waals surface area contributed by atoms with Gasteiger partial charge in [0.05, 0.1) is 5.69 Å². The van der Waals surface area contributed by atoms with Crippen LogP contribution in [0.15, 0.2) is 36.5 Å². The maximum Gasteiger partial charge on any atom is 0.573 e. The van der Waals surface area contributed by atoms with Gasteiger partial charge in [-0.2, -0.15) is 0 Å². The minimum absolute atomic E-state index is 0.297. The topological polar surface area (TPSA) is 68.5 Å². The molecule has 0 saturated carbocycles. The molecule has 0 aliphatic heterocycles. The SMILES string of the molecule is CC(=O)Nc1cc(-c2cccc(OC(F)(F)F)c2)cn2c(C)nnc12. The van der Waals surface area contributed by atoms with Crippen molar-refractivity contribution < 1.29 is 22.7 Å². The lowest BCUT2D eigenvalue weighted by Gasteiger charge is -2.12. The van der Waals surface area contributed by atoms with Crippen LogP contribution in [0, 0.1) is 6.92 Å². The lowest BCUT2D eigenvalue weighted by Crippen LogP contribution is -2.17. The molecule has 6 nitrogen and oxygen atoms in total. The number of aromatic nitrogens is 3. The van der Waals surface area contributed by atoms with E-state index < -0.39 is 6.36 Å². The summed E-state index contributed by atoms with van der Waals surface area (Å²) < 4.78 is 42.8. The third-order valence-electron chi connectivity index (χ3n) is 3.39. The summed E-state index contributed by atoms with van der Waals surface area (Å²) in [5, 5.41) is 10.6. The zero-order valence-electron chi connectivity index (χ0n) is 13.3. The molecule has 25 heavy (non-hydrogen) atoms. The minimum Gasteiger partial charge on any atom is -0.406 e. The molecule has 2 heterocycles. The number of rotatable bonds is 3. The lowest BCUT2D eigenvalue weighted by atomic mass is 10.1. The van der Waals surface area contributed by atoms with Crippen molar-refractivity contribution in [2.24, 2.45) is 0 Å². The van der Waals surface area contributed by atoms with Gasteiger partial charge in [-0.1, -0.05) is 12.1 Å². The zero-order chi connectivity index (χ0) is 18.2. The van der Waals surface area contributed by atoms with Crippen molar-refractivity contribution in [1.29, 1.82) is 0 Å². The highest BCUT2D eigenvalue weighted by atomic mass is 19.4. The highest BCUT2D eigenvalue weighted by Crippen LogP contribution is 2.30. The second kappa shape index (κ2) is 6.08. The van der Waals surface area contributed by atoms with Gasteiger partial charge in [-0.15, -0.1) is 23.4 Å². The van der Waals surface area contributed by atoms with Crippen LogP contribution in [0.25, 0.3) is 16.8 Å². The van der Waals surface area contributed by atoms with E-state index in [-0.39, 0.29) is 11.7 Å². The van der Waals surface area contributed by atoms with Crippen molar-refractivity contribution in [2.75, 3.05) is 5.32 Å². The molecule has 0 spiro atoms. The fourth-order valence-electron chi connectivity index (χ4n) is 2.42. The van der Waals surface area contributed by atoms with Gasteiger partial charge < -0.3 is 10.1 Å². The second-order valence-corrected chi connectivity index (χ2v) is 5.34. The molecule has 1 N–H and O–H groups in total. The first-order valence-corrected chi connectivity index (χ1v) is 7.22. The molecule has 0 saturated heterocycles. The molecule has 1 aromatic carbocycles. The average Bonchev–Trinajstić information content (AvgIpc) is 2.87. The Labute approximate surface area is 140 Å². The van der Waals surface area contributed by atoms with Crippen molar-refractivity contribution in [3.8, 4) is 16.9 Å². The van der Waals surface area contributed by atoms with Crippen LogP contribution in [-0.4, -0.2) is 26.9 Å². The van der Waals surface area contributed by atoms with E-state index in [1.165, 1.54) is 25.1 Å². The average molecular weight is 350 g/mol. The molecule has 0 unspecified atom stereocenters. The van der Waals surface area contributed by atoms with E-state index in [2.05, 4.69) is 20.3 Å². The Morgan fingerprint density at radius 1 is 1.20 bits per heavy atom. The third-order valence-corrected chi connectivity index (χ3v) is 3.39. The zero-order valence-corrected chi connectivity index (χ0v) is 13.3. The molecule has 0 aliphatic rings. The van der Waals surface area contributed by atoms with Gasteiger partial charge in [0.2, 0.25) is 5.91 Å². The van der Waals surface area contributed by atoms with E-state index in [1.54, 1.807) is 29.7 Å². The van der Waals surface area contributed by atoms with Gasteiger partial charge in [0, 0.05) is 18.7 Å². The van der Waals surface area contributed by atoms with Crippen molar-refractivity contribution in [2.45, 2.75) is 20.2 Å². The number of benzene rings is 1. The Morgan fingerprint density at radius 3 is 2.64 bits per heavy atom. The quantitative estimate of drug-likeness (QED) is 0.784. The van der Waals surface area contributed by atoms with Gasteiger partial charge >= 0.3 is 6.36 Å². The summed E-state index contributed by atoms with van der Waals surface area (Å²) in [5.74, 6) is -0.0494. The van der Waals surface area contributed by atoms with Gasteiger partial charge in [0.25, 0.3) is 0 Å². The number of carbonyl (C=O) groups excluding carboxylic acids is 1. The minimum atomic E-state index is -4.77. The molecule has 130 valence electrons. The van der Waals surface area contributed by atoms with Gasteiger partial charge in [0.15, 0.2) is 5.65 Å². The molecule has 9 heteroatoms. The van der Waals surface area contributed by atoms with Crippen LogP contribution in [0.3, 0.4) is 0 Å². The van der Waals surface area contributed by atoms with Gasteiger partial charge in [-0.3, -0.25) is 9.20 Å². The van der Waals surface area contributed by atoms with Crippen LogP contribution in [0.1, 0.15) is 12.7 Å². The van der Waals surface area contributed by atoms with Crippen LogP contribution in [0.5, 0.6) is 5.75 Å². The Morgan fingerprint density at radius 2 is 1.96 bits per heavy atom. The van der Waals surface area contributed by atoms with E-state index >= 15 is 0 Å². The summed E-state index contributed by atoms with van der Waals surface area (Å²) in [7, 11) is 0. The number of hydrogen-bond donors (Lipinski definition) is 1. The number of hydrogen-bond acceptors (Lipinski definition) is 4. The molecule has 3 aromatic rings. The Hall–Kier alpha value is -3.10. The summed E-state index contributed by atoms with van der Waals surface area (Å²) in [6.07, 6.45) is -3.09. The fourth-order valence-corrected chi connectivity index (χ4v) is 2.42. The highest BCUT2D eigenvalue weighted by molar-refractivity contribution is 5.93. The fraction of sp³-hybridized carbons (Fsp3) is 0.188. The number of anilines is 1. The number of nitrogens with one attached hydrogen (secondary N) is 1. The number of pyridine rings is 1. The number of ether oxygens (including phenoxy) is 1. The van der Waals surface area contributed by atoms with E-state index in [9.17, 15) is 18.0 Å². The summed E-state index contributed by atoms with van der Waals surface area (Å²) in [5.41, 5.74) is 1.92. The normalized spacial score (nSPS) is 11.6. The molecule has 0 aliphatic carbocycles. The largest absolute Gasteiger partial charge is 0.573 e. The van der Waals surface area contributed by atoms with Crippen molar-refractivity contribution >= 4 is 17.2 Å². The number of alkyl halides is 3. The smallest absolute Gasteiger partial charge is 0.406 e. The first-order chi connectivity index (χ1) is 11.7. The predicted molar refractivity (Wildman–Crippen MR) is 84.1 cm³/mol. The van der Waals surface area contributed by atoms with Gasteiger partial charge in [-0.05, 0) is 30.7 Å². The lowest BCUT2D eigenvalue weighted by molar-refractivity contribution is -0.274. The van der Waals surface area contributed by atoms with E-state index in [0.29, 0.717) is 28.3 Å². The highest BCUT2D eigenvalue weighted by Gasteiger charge is 2.31. The monoisotopic (exact) mass is 350 g/mol. The molecule has 2 aromatic heterocycles. The number of nitrogens with zero attached hydrogens (tertiary/aromatic N) is 3. The van der Waals surface area contributed by atoms with E-state index in [1.807, 2.05) is 0 Å². The van der Waals surface area contributed by atoms with Gasteiger partial charge in [0.1, 0.15) is 11.6 Å². The summed E-state index contributed by atoms with van der Waals surface area (Å²) in [6, 6.07) is 7.21.